The van der Waals surface area contributed by atoms with Crippen molar-refractivity contribution in [1.82, 2.24) is 20.2 Å². The van der Waals surface area contributed by atoms with Gasteiger partial charge in [0.15, 0.2) is 5.82 Å². The number of benzene rings is 2. The number of hydrogen-bond acceptors (Lipinski definition) is 4. The Hall–Kier alpha value is -2.76. The van der Waals surface area contributed by atoms with Gasteiger partial charge in [-0.15, -0.1) is 5.10 Å². The minimum atomic E-state index is -0.417. The molecule has 5 nitrogen and oxygen atoms in total. The number of anilines is 1. The van der Waals surface area contributed by atoms with Gasteiger partial charge in [0.25, 0.3) is 0 Å². The van der Waals surface area contributed by atoms with Crippen molar-refractivity contribution in [1.29, 1.82) is 0 Å². The first kappa shape index (κ1) is 13.2. The molecule has 0 saturated heterocycles. The number of aryl methyl sites for hydroxylation is 2. The van der Waals surface area contributed by atoms with Crippen LogP contribution >= 0.6 is 0 Å². The molecular formula is C15H14FN5. The maximum Gasteiger partial charge on any atom is 0.187 e. The number of aromatic nitrogens is 4. The number of hydrogen-bond donors (Lipinski definition) is 1. The summed E-state index contributed by atoms with van der Waals surface area (Å²) in [5.74, 6) is 0.0335. The van der Waals surface area contributed by atoms with Crippen LogP contribution in [0.2, 0.25) is 0 Å². The maximum atomic E-state index is 13.5. The molecule has 106 valence electrons. The summed E-state index contributed by atoms with van der Waals surface area (Å²) < 4.78 is 15.1. The molecule has 0 bridgehead atoms. The second kappa shape index (κ2) is 4.97. The Labute approximate surface area is 121 Å². The molecule has 0 spiro atoms. The lowest BCUT2D eigenvalue weighted by molar-refractivity contribution is 0.628. The first-order chi connectivity index (χ1) is 10.0. The summed E-state index contributed by atoms with van der Waals surface area (Å²) >= 11 is 0. The fourth-order valence-corrected chi connectivity index (χ4v) is 2.36. The van der Waals surface area contributed by atoms with Crippen molar-refractivity contribution >= 4 is 5.69 Å². The number of rotatable bonds is 2. The normalized spacial score (nSPS) is 10.8. The molecule has 21 heavy (non-hydrogen) atoms. The summed E-state index contributed by atoms with van der Waals surface area (Å²) in [6, 6.07) is 10.3. The van der Waals surface area contributed by atoms with Gasteiger partial charge < -0.3 is 5.73 Å². The highest BCUT2D eigenvalue weighted by Crippen LogP contribution is 2.23. The van der Waals surface area contributed by atoms with Crippen LogP contribution in [0, 0.1) is 19.7 Å². The SMILES string of the molecule is Cc1cc(C)cc(-n2nnnc2-c2cc(N)cc(F)c2)c1. The largest absolute Gasteiger partial charge is 0.399 e. The summed E-state index contributed by atoms with van der Waals surface area (Å²) in [5, 5.41) is 11.7. The quantitative estimate of drug-likeness (QED) is 0.734. The zero-order valence-electron chi connectivity index (χ0n) is 11.7. The van der Waals surface area contributed by atoms with Gasteiger partial charge in [-0.05, 0) is 65.7 Å². The van der Waals surface area contributed by atoms with Crippen LogP contribution in [0.1, 0.15) is 11.1 Å². The second-order valence-electron chi connectivity index (χ2n) is 5.03. The lowest BCUT2D eigenvalue weighted by Gasteiger charge is -2.07. The van der Waals surface area contributed by atoms with E-state index in [2.05, 4.69) is 21.6 Å². The highest BCUT2D eigenvalue weighted by atomic mass is 19.1. The first-order valence-corrected chi connectivity index (χ1v) is 6.46. The lowest BCUT2D eigenvalue weighted by Crippen LogP contribution is -2.01. The van der Waals surface area contributed by atoms with E-state index < -0.39 is 5.82 Å². The van der Waals surface area contributed by atoms with Crippen LogP contribution in [0.4, 0.5) is 10.1 Å². The van der Waals surface area contributed by atoms with Crippen molar-refractivity contribution in [2.75, 3.05) is 5.73 Å². The van der Waals surface area contributed by atoms with Gasteiger partial charge in [-0.1, -0.05) is 6.07 Å². The third-order valence-corrected chi connectivity index (χ3v) is 3.10. The van der Waals surface area contributed by atoms with E-state index in [-0.39, 0.29) is 0 Å². The molecule has 2 N–H and O–H groups in total. The van der Waals surface area contributed by atoms with Crippen LogP contribution in [-0.4, -0.2) is 20.2 Å². The summed E-state index contributed by atoms with van der Waals surface area (Å²) in [5.41, 5.74) is 9.59. The van der Waals surface area contributed by atoms with Crippen LogP contribution in [0.3, 0.4) is 0 Å². The van der Waals surface area contributed by atoms with Crippen molar-refractivity contribution in [3.63, 3.8) is 0 Å². The van der Waals surface area contributed by atoms with Crippen molar-refractivity contribution in [3.05, 3.63) is 53.3 Å². The zero-order chi connectivity index (χ0) is 15.0. The third kappa shape index (κ3) is 2.60. The van der Waals surface area contributed by atoms with Gasteiger partial charge in [0.05, 0.1) is 5.69 Å². The van der Waals surface area contributed by atoms with E-state index in [1.54, 1.807) is 10.7 Å². The van der Waals surface area contributed by atoms with Crippen LogP contribution in [0.25, 0.3) is 17.1 Å². The van der Waals surface area contributed by atoms with Crippen molar-refractivity contribution < 1.29 is 4.39 Å². The fraction of sp³-hybridized carbons (Fsp3) is 0.133. The Bertz CT molecular complexity index is 703. The van der Waals surface area contributed by atoms with Gasteiger partial charge in [-0.2, -0.15) is 4.68 Å². The van der Waals surface area contributed by atoms with Crippen LogP contribution in [0.15, 0.2) is 36.4 Å². The molecule has 2 aromatic carbocycles. The first-order valence-electron chi connectivity index (χ1n) is 6.46. The number of nitrogens with zero attached hydrogens (tertiary/aromatic N) is 4. The molecule has 0 aliphatic carbocycles. The van der Waals surface area contributed by atoms with Gasteiger partial charge in [0, 0.05) is 11.3 Å². The Morgan fingerprint density at radius 1 is 1.00 bits per heavy atom. The minimum absolute atomic E-state index is 0.333. The van der Waals surface area contributed by atoms with Crippen molar-refractivity contribution in [2.45, 2.75) is 13.8 Å². The van der Waals surface area contributed by atoms with Crippen molar-refractivity contribution in [2.24, 2.45) is 0 Å². The molecule has 0 unspecified atom stereocenters. The van der Waals surface area contributed by atoms with E-state index in [0.29, 0.717) is 17.1 Å². The summed E-state index contributed by atoms with van der Waals surface area (Å²) in [6.07, 6.45) is 0. The van der Waals surface area contributed by atoms with Crippen LogP contribution in [-0.2, 0) is 0 Å². The van der Waals surface area contributed by atoms with Gasteiger partial charge >= 0.3 is 0 Å². The molecule has 0 atom stereocenters. The lowest BCUT2D eigenvalue weighted by atomic mass is 10.1. The molecular weight excluding hydrogens is 269 g/mol. The molecule has 0 fully saturated rings. The third-order valence-electron chi connectivity index (χ3n) is 3.10. The van der Waals surface area contributed by atoms with Crippen LogP contribution in [0.5, 0.6) is 0 Å². The fourth-order valence-electron chi connectivity index (χ4n) is 2.36. The van der Waals surface area contributed by atoms with Gasteiger partial charge in [-0.25, -0.2) is 4.39 Å². The number of nitrogen functional groups attached to an aromatic ring is 1. The molecule has 1 aromatic heterocycles. The van der Waals surface area contributed by atoms with Gasteiger partial charge in [-0.3, -0.25) is 0 Å². The Kier molecular flexibility index (Phi) is 3.13. The standard InChI is InChI=1S/C15H14FN5/c1-9-3-10(2)5-14(4-9)21-15(18-19-20-21)11-6-12(16)8-13(17)7-11/h3-8H,17H2,1-2H3. The van der Waals surface area contributed by atoms with E-state index in [1.165, 1.54) is 12.1 Å². The zero-order valence-corrected chi connectivity index (χ0v) is 11.7. The molecule has 0 aliphatic rings. The smallest absolute Gasteiger partial charge is 0.187 e. The van der Waals surface area contributed by atoms with E-state index in [9.17, 15) is 4.39 Å². The van der Waals surface area contributed by atoms with E-state index in [1.807, 2.05) is 26.0 Å². The molecule has 0 saturated carbocycles. The summed E-state index contributed by atoms with van der Waals surface area (Å²) in [4.78, 5) is 0. The molecule has 6 heteroatoms. The monoisotopic (exact) mass is 283 g/mol. The van der Waals surface area contributed by atoms with Crippen LogP contribution < -0.4 is 5.73 Å². The predicted molar refractivity (Wildman–Crippen MR) is 78.4 cm³/mol. The van der Waals surface area contributed by atoms with E-state index in [0.717, 1.165) is 16.8 Å². The summed E-state index contributed by atoms with van der Waals surface area (Å²) in [6.45, 7) is 4.00. The van der Waals surface area contributed by atoms with Gasteiger partial charge in [0.2, 0.25) is 0 Å². The van der Waals surface area contributed by atoms with E-state index in [4.69, 9.17) is 5.73 Å². The second-order valence-corrected chi connectivity index (χ2v) is 5.03. The summed E-state index contributed by atoms with van der Waals surface area (Å²) in [7, 11) is 0. The predicted octanol–water partition coefficient (Wildman–Crippen LogP) is 2.67. The molecule has 3 aromatic rings. The highest BCUT2D eigenvalue weighted by Gasteiger charge is 2.13. The minimum Gasteiger partial charge on any atom is -0.399 e. The molecule has 0 amide bonds. The molecule has 0 aliphatic heterocycles. The average Bonchev–Trinajstić information content (AvgIpc) is 2.85. The van der Waals surface area contributed by atoms with Gasteiger partial charge in [0.1, 0.15) is 5.82 Å². The Balaban J connectivity index is 2.16. The topological polar surface area (TPSA) is 69.6 Å². The maximum absolute atomic E-state index is 13.5. The number of tetrazole rings is 1. The molecule has 3 rings (SSSR count). The number of nitrogens with two attached hydrogens (primary N) is 1. The Morgan fingerprint density at radius 3 is 2.38 bits per heavy atom. The molecule has 0 radical (unpaired) electrons. The van der Waals surface area contributed by atoms with Crippen molar-refractivity contribution in [3.8, 4) is 17.1 Å². The highest BCUT2D eigenvalue weighted by molar-refractivity contribution is 5.63. The molecule has 1 heterocycles. The average molecular weight is 283 g/mol. The Morgan fingerprint density at radius 2 is 1.71 bits per heavy atom. The van der Waals surface area contributed by atoms with E-state index >= 15 is 0 Å². The number of halogens is 1.